The third-order valence-corrected chi connectivity index (χ3v) is 3.96. The predicted molar refractivity (Wildman–Crippen MR) is 85.1 cm³/mol. The number of rotatable bonds is 2. The van der Waals surface area contributed by atoms with E-state index in [0.717, 1.165) is 6.07 Å². The van der Waals surface area contributed by atoms with Crippen LogP contribution in [0.25, 0.3) is 0 Å². The van der Waals surface area contributed by atoms with Gasteiger partial charge in [0.1, 0.15) is 11.6 Å². The van der Waals surface area contributed by atoms with Gasteiger partial charge in [-0.3, -0.25) is 24.9 Å². The number of aromatic nitrogens is 2. The molecular formula is C14H8ClN5O5. The highest BCUT2D eigenvalue weighted by Crippen LogP contribution is 2.42. The lowest BCUT2D eigenvalue weighted by atomic mass is 9.85. The molecule has 11 heteroatoms. The molecule has 1 aromatic heterocycles. The highest BCUT2D eigenvalue weighted by Gasteiger charge is 2.36. The van der Waals surface area contributed by atoms with Crippen LogP contribution in [0.3, 0.4) is 0 Å². The largest absolute Gasteiger partial charge is 0.424 e. The lowest BCUT2D eigenvalue weighted by molar-refractivity contribution is -0.384. The van der Waals surface area contributed by atoms with Crippen LogP contribution < -0.4 is 21.7 Å². The van der Waals surface area contributed by atoms with Gasteiger partial charge in [0.25, 0.3) is 11.2 Å². The molecule has 1 aliphatic heterocycles. The molecule has 0 amide bonds. The first kappa shape index (κ1) is 16.3. The number of nitrogens with zero attached hydrogens (tertiary/aromatic N) is 2. The second kappa shape index (κ2) is 5.81. The fourth-order valence-electron chi connectivity index (χ4n) is 2.57. The molecular weight excluding hydrogens is 354 g/mol. The molecule has 25 heavy (non-hydrogen) atoms. The van der Waals surface area contributed by atoms with Crippen molar-refractivity contribution in [3.63, 3.8) is 0 Å². The molecule has 3 rings (SSSR count). The van der Waals surface area contributed by atoms with E-state index in [4.69, 9.17) is 22.1 Å². The predicted octanol–water partition coefficient (Wildman–Crippen LogP) is 0.843. The van der Waals surface area contributed by atoms with E-state index < -0.39 is 22.1 Å². The molecule has 1 aliphatic rings. The third kappa shape index (κ3) is 2.62. The Morgan fingerprint density at radius 3 is 2.72 bits per heavy atom. The van der Waals surface area contributed by atoms with Crippen LogP contribution in [-0.4, -0.2) is 14.9 Å². The van der Waals surface area contributed by atoms with Gasteiger partial charge >= 0.3 is 5.69 Å². The molecule has 0 fully saturated rings. The zero-order valence-electron chi connectivity index (χ0n) is 12.2. The number of nitro groups is 1. The van der Waals surface area contributed by atoms with E-state index in [0.29, 0.717) is 0 Å². The topological polar surface area (TPSA) is 168 Å². The average Bonchev–Trinajstić information content (AvgIpc) is 2.53. The Hall–Kier alpha value is -3.58. The quantitative estimate of drug-likeness (QED) is 0.525. The summed E-state index contributed by atoms with van der Waals surface area (Å²) in [6.45, 7) is 0. The molecule has 126 valence electrons. The Balaban J connectivity index is 2.37. The number of allylic oxidation sites excluding steroid dienone is 1. The molecule has 2 heterocycles. The standard InChI is InChI=1S/C14H8ClN5O5/c15-8-2-1-5(20(23)24)3-6(8)9-7(4-16)11(17)25-13-10(9)12(21)18-14(22)19-13/h1-3,9H,17H2,(H2,18,19,21,22)/t9-/m1/s1. The summed E-state index contributed by atoms with van der Waals surface area (Å²) < 4.78 is 5.15. The fraction of sp³-hybridized carbons (Fsp3) is 0.0714. The molecule has 2 aromatic rings. The van der Waals surface area contributed by atoms with Crippen LogP contribution in [0, 0.1) is 21.4 Å². The van der Waals surface area contributed by atoms with Gasteiger partial charge in [-0.1, -0.05) is 11.6 Å². The highest BCUT2D eigenvalue weighted by molar-refractivity contribution is 6.31. The van der Waals surface area contributed by atoms with Crippen LogP contribution in [0.5, 0.6) is 5.88 Å². The number of hydrogen-bond acceptors (Lipinski definition) is 7. The molecule has 10 nitrogen and oxygen atoms in total. The normalized spacial score (nSPS) is 15.9. The smallest absolute Gasteiger partial charge is 0.328 e. The van der Waals surface area contributed by atoms with E-state index in [1.54, 1.807) is 0 Å². The Labute approximate surface area is 143 Å². The van der Waals surface area contributed by atoms with Crippen molar-refractivity contribution in [2.45, 2.75) is 5.92 Å². The van der Waals surface area contributed by atoms with Gasteiger partial charge in [-0.15, -0.1) is 0 Å². The number of halogens is 1. The van der Waals surface area contributed by atoms with Crippen LogP contribution in [0.2, 0.25) is 5.02 Å². The summed E-state index contributed by atoms with van der Waals surface area (Å²) in [7, 11) is 0. The number of ether oxygens (including phenoxy) is 1. The van der Waals surface area contributed by atoms with Crippen molar-refractivity contribution in [1.29, 1.82) is 5.26 Å². The monoisotopic (exact) mass is 361 g/mol. The number of benzene rings is 1. The molecule has 0 unspecified atom stereocenters. The molecule has 0 aliphatic carbocycles. The van der Waals surface area contributed by atoms with E-state index in [9.17, 15) is 25.0 Å². The van der Waals surface area contributed by atoms with Gasteiger partial charge in [-0.25, -0.2) is 4.79 Å². The molecule has 0 saturated heterocycles. The van der Waals surface area contributed by atoms with Crippen LogP contribution >= 0.6 is 11.6 Å². The molecule has 1 aromatic carbocycles. The summed E-state index contributed by atoms with van der Waals surface area (Å²) in [5.41, 5.74) is 3.57. The number of fused-ring (bicyclic) bond motifs is 1. The maximum atomic E-state index is 12.3. The average molecular weight is 362 g/mol. The number of nitriles is 1. The van der Waals surface area contributed by atoms with Crippen molar-refractivity contribution >= 4 is 17.3 Å². The lowest BCUT2D eigenvalue weighted by Crippen LogP contribution is -2.33. The summed E-state index contributed by atoms with van der Waals surface area (Å²) in [5, 5.41) is 20.5. The van der Waals surface area contributed by atoms with E-state index in [2.05, 4.69) is 4.98 Å². The van der Waals surface area contributed by atoms with Crippen LogP contribution in [0.4, 0.5) is 5.69 Å². The first-order valence-corrected chi connectivity index (χ1v) is 7.09. The number of nitrogens with one attached hydrogen (secondary N) is 2. The number of non-ortho nitro benzene ring substituents is 1. The van der Waals surface area contributed by atoms with Crippen LogP contribution in [0.15, 0.2) is 39.2 Å². The van der Waals surface area contributed by atoms with Gasteiger partial charge in [-0.05, 0) is 11.6 Å². The van der Waals surface area contributed by atoms with Crippen molar-refractivity contribution in [1.82, 2.24) is 9.97 Å². The summed E-state index contributed by atoms with van der Waals surface area (Å²) in [4.78, 5) is 38.4. The molecule has 1 atom stereocenters. The van der Waals surface area contributed by atoms with Gasteiger partial charge < -0.3 is 10.5 Å². The Morgan fingerprint density at radius 2 is 2.08 bits per heavy atom. The molecule has 4 N–H and O–H groups in total. The summed E-state index contributed by atoms with van der Waals surface area (Å²) in [5.74, 6) is -1.73. The minimum Gasteiger partial charge on any atom is -0.424 e. The molecule has 0 radical (unpaired) electrons. The molecule has 0 spiro atoms. The van der Waals surface area contributed by atoms with Crippen LogP contribution in [-0.2, 0) is 0 Å². The first-order valence-electron chi connectivity index (χ1n) is 6.71. The van der Waals surface area contributed by atoms with Gasteiger partial charge in [0.15, 0.2) is 0 Å². The number of aromatic amines is 2. The van der Waals surface area contributed by atoms with Crippen molar-refractivity contribution in [3.8, 4) is 11.9 Å². The zero-order chi connectivity index (χ0) is 18.3. The minimum atomic E-state index is -1.14. The number of nitrogens with two attached hydrogens (primary N) is 1. The molecule has 0 bridgehead atoms. The van der Waals surface area contributed by atoms with E-state index in [-0.39, 0.29) is 39.2 Å². The van der Waals surface area contributed by atoms with Crippen molar-refractivity contribution in [2.75, 3.05) is 0 Å². The Bertz CT molecular complexity index is 1090. The van der Waals surface area contributed by atoms with Crippen LogP contribution in [0.1, 0.15) is 17.0 Å². The van der Waals surface area contributed by atoms with Crippen molar-refractivity contribution < 1.29 is 9.66 Å². The second-order valence-corrected chi connectivity index (χ2v) is 5.45. The van der Waals surface area contributed by atoms with Gasteiger partial charge in [0, 0.05) is 17.2 Å². The SMILES string of the molecule is N#CC1=C(N)Oc2[nH]c(=O)[nH]c(=O)c2[C@@H]1c1cc([N+](=O)[O-])ccc1Cl. The van der Waals surface area contributed by atoms with E-state index in [1.165, 1.54) is 12.1 Å². The second-order valence-electron chi connectivity index (χ2n) is 5.04. The van der Waals surface area contributed by atoms with E-state index >= 15 is 0 Å². The maximum absolute atomic E-state index is 12.3. The fourth-order valence-corrected chi connectivity index (χ4v) is 2.79. The Kier molecular flexibility index (Phi) is 3.78. The summed E-state index contributed by atoms with van der Waals surface area (Å²) >= 11 is 6.13. The number of H-pyrrole nitrogens is 2. The zero-order valence-corrected chi connectivity index (χ0v) is 13.0. The first-order chi connectivity index (χ1) is 11.8. The maximum Gasteiger partial charge on any atom is 0.328 e. The van der Waals surface area contributed by atoms with Gasteiger partial charge in [0.05, 0.1) is 16.4 Å². The number of hydrogen-bond donors (Lipinski definition) is 3. The van der Waals surface area contributed by atoms with E-state index in [1.807, 2.05) is 11.1 Å². The van der Waals surface area contributed by atoms with Gasteiger partial charge in [0.2, 0.25) is 11.8 Å². The highest BCUT2D eigenvalue weighted by atomic mass is 35.5. The molecule has 0 saturated carbocycles. The number of nitro benzene ring substituents is 1. The summed E-state index contributed by atoms with van der Waals surface area (Å²) in [6, 6.07) is 5.41. The Morgan fingerprint density at radius 1 is 1.36 bits per heavy atom. The minimum absolute atomic E-state index is 0.0783. The van der Waals surface area contributed by atoms with Crippen molar-refractivity contribution in [3.05, 3.63) is 76.8 Å². The summed E-state index contributed by atoms with van der Waals surface area (Å²) in [6.07, 6.45) is 0. The third-order valence-electron chi connectivity index (χ3n) is 3.62. The lowest BCUT2D eigenvalue weighted by Gasteiger charge is -2.25. The van der Waals surface area contributed by atoms with Gasteiger partial charge in [-0.2, -0.15) is 5.26 Å². The van der Waals surface area contributed by atoms with Crippen molar-refractivity contribution in [2.24, 2.45) is 5.73 Å².